The van der Waals surface area contributed by atoms with Crippen molar-refractivity contribution >= 4 is 57.5 Å². The van der Waals surface area contributed by atoms with Gasteiger partial charge in [0.2, 0.25) is 11.8 Å². The van der Waals surface area contributed by atoms with Crippen molar-refractivity contribution < 1.29 is 38.6 Å². The van der Waals surface area contributed by atoms with Gasteiger partial charge in [0, 0.05) is 37.2 Å². The number of carbonyl (C=O) groups is 6. The lowest BCUT2D eigenvalue weighted by Crippen LogP contribution is -2.43. The summed E-state index contributed by atoms with van der Waals surface area (Å²) >= 11 is 1.52. The largest absolute Gasteiger partial charge is 0.480 e. The van der Waals surface area contributed by atoms with Crippen LogP contribution >= 0.6 is 23.5 Å². The van der Waals surface area contributed by atoms with Gasteiger partial charge in [-0.1, -0.05) is 37.4 Å². The Morgan fingerprint density at radius 2 is 1.24 bits per heavy atom. The Balaban J connectivity index is 4.38. The molecule has 0 saturated carbocycles. The first-order valence-corrected chi connectivity index (χ1v) is 10.8. The number of esters is 1. The SMILES string of the molecule is CCC(=O)N[C@@H](CSC(=O)CCC(=O)SC[C@H](NC(=O)CC)C(=O)OC)C(=O)O. The average Bonchev–Trinajstić information content (AvgIpc) is 2.70. The number of thioether (sulfide) groups is 2. The number of aliphatic carboxylic acids is 1. The number of ether oxygens (including phenoxy) is 1. The van der Waals surface area contributed by atoms with Crippen LogP contribution in [0.4, 0.5) is 0 Å². The van der Waals surface area contributed by atoms with Crippen molar-refractivity contribution in [3.63, 3.8) is 0 Å². The molecule has 0 saturated heterocycles. The van der Waals surface area contributed by atoms with Gasteiger partial charge in [-0.05, 0) is 0 Å². The molecule has 164 valence electrons. The summed E-state index contributed by atoms with van der Waals surface area (Å²) in [4.78, 5) is 69.3. The van der Waals surface area contributed by atoms with Gasteiger partial charge in [-0.2, -0.15) is 0 Å². The van der Waals surface area contributed by atoms with Crippen molar-refractivity contribution in [3.05, 3.63) is 0 Å². The average molecular weight is 451 g/mol. The first-order chi connectivity index (χ1) is 13.6. The fraction of sp³-hybridized carbons (Fsp3) is 0.647. The van der Waals surface area contributed by atoms with Gasteiger partial charge in [-0.25, -0.2) is 9.59 Å². The minimum atomic E-state index is -1.25. The maximum Gasteiger partial charge on any atom is 0.329 e. The summed E-state index contributed by atoms with van der Waals surface area (Å²) in [5.41, 5.74) is 0. The zero-order valence-electron chi connectivity index (χ0n) is 16.5. The molecule has 0 aromatic heterocycles. The molecule has 0 aliphatic carbocycles. The number of methoxy groups -OCH3 is 1. The van der Waals surface area contributed by atoms with Crippen LogP contribution in [0.5, 0.6) is 0 Å². The number of nitrogens with one attached hydrogen (secondary N) is 2. The quantitative estimate of drug-likeness (QED) is 0.334. The summed E-state index contributed by atoms with van der Waals surface area (Å²) in [6, 6.07) is -2.16. The molecule has 0 unspecified atom stereocenters. The monoisotopic (exact) mass is 450 g/mol. The zero-order chi connectivity index (χ0) is 22.4. The van der Waals surface area contributed by atoms with E-state index in [1.54, 1.807) is 13.8 Å². The van der Waals surface area contributed by atoms with Crippen LogP contribution in [0.2, 0.25) is 0 Å². The molecule has 0 aromatic rings. The maximum atomic E-state index is 11.9. The van der Waals surface area contributed by atoms with Crippen LogP contribution in [0.15, 0.2) is 0 Å². The van der Waals surface area contributed by atoms with Crippen LogP contribution in [0.1, 0.15) is 39.5 Å². The lowest BCUT2D eigenvalue weighted by atomic mass is 10.3. The number of hydrogen-bond donors (Lipinski definition) is 3. The molecular weight excluding hydrogens is 424 g/mol. The van der Waals surface area contributed by atoms with E-state index in [0.717, 1.165) is 23.5 Å². The van der Waals surface area contributed by atoms with Gasteiger partial charge < -0.3 is 20.5 Å². The van der Waals surface area contributed by atoms with Crippen molar-refractivity contribution in [2.24, 2.45) is 0 Å². The minimum Gasteiger partial charge on any atom is -0.480 e. The van der Waals surface area contributed by atoms with Gasteiger partial charge in [-0.3, -0.25) is 19.2 Å². The second kappa shape index (κ2) is 14.9. The standard InChI is InChI=1S/C17H26N2O8S2/c1-4-12(20)18-10(16(24)25)8-28-14(22)6-7-15(23)29-9-11(17(26)27-3)19-13(21)5-2/h10-11H,4-9H2,1-3H3,(H,18,20)(H,19,21)(H,24,25)/t10-,11-/m0/s1. The van der Waals surface area contributed by atoms with Gasteiger partial charge in [0.25, 0.3) is 0 Å². The molecule has 12 heteroatoms. The molecule has 0 spiro atoms. The molecular formula is C17H26N2O8S2. The molecule has 2 amide bonds. The number of rotatable bonds is 13. The molecule has 10 nitrogen and oxygen atoms in total. The van der Waals surface area contributed by atoms with Gasteiger partial charge in [0.15, 0.2) is 10.2 Å². The Labute approximate surface area is 177 Å². The summed E-state index contributed by atoms with van der Waals surface area (Å²) in [5, 5.41) is 13.1. The van der Waals surface area contributed by atoms with Crippen molar-refractivity contribution in [2.75, 3.05) is 18.6 Å². The van der Waals surface area contributed by atoms with E-state index in [0.29, 0.717) is 0 Å². The minimum absolute atomic E-state index is 0.0251. The Morgan fingerprint density at radius 3 is 1.62 bits per heavy atom. The summed E-state index contributed by atoms with van der Waals surface area (Å²) in [6.07, 6.45) is 0.0766. The summed E-state index contributed by atoms with van der Waals surface area (Å²) in [6.45, 7) is 3.20. The van der Waals surface area contributed by atoms with Crippen LogP contribution in [-0.4, -0.2) is 69.8 Å². The van der Waals surface area contributed by atoms with E-state index in [-0.39, 0.29) is 53.3 Å². The normalized spacial score (nSPS) is 12.4. The summed E-state index contributed by atoms with van der Waals surface area (Å²) in [7, 11) is 1.17. The maximum absolute atomic E-state index is 11.9. The van der Waals surface area contributed by atoms with Gasteiger partial charge in [0.1, 0.15) is 12.1 Å². The lowest BCUT2D eigenvalue weighted by molar-refractivity contribution is -0.144. The van der Waals surface area contributed by atoms with Crippen molar-refractivity contribution in [1.82, 2.24) is 10.6 Å². The third-order valence-electron chi connectivity index (χ3n) is 3.45. The Hall–Kier alpha value is -2.08. The molecule has 0 heterocycles. The predicted molar refractivity (Wildman–Crippen MR) is 108 cm³/mol. The van der Waals surface area contributed by atoms with Crippen molar-refractivity contribution in [1.29, 1.82) is 0 Å². The van der Waals surface area contributed by atoms with Crippen LogP contribution in [-0.2, 0) is 33.5 Å². The third kappa shape index (κ3) is 12.2. The van der Waals surface area contributed by atoms with E-state index in [9.17, 15) is 28.8 Å². The lowest BCUT2D eigenvalue weighted by Gasteiger charge is -2.15. The molecule has 0 radical (unpaired) electrons. The molecule has 0 aliphatic rings. The van der Waals surface area contributed by atoms with Crippen LogP contribution in [0.25, 0.3) is 0 Å². The molecule has 0 bridgehead atoms. The van der Waals surface area contributed by atoms with Crippen molar-refractivity contribution in [2.45, 2.75) is 51.6 Å². The Morgan fingerprint density at radius 1 is 0.828 bits per heavy atom. The van der Waals surface area contributed by atoms with Gasteiger partial charge in [-0.15, -0.1) is 0 Å². The van der Waals surface area contributed by atoms with E-state index in [2.05, 4.69) is 15.4 Å². The number of carboxylic acid groups (broad SMARTS) is 1. The molecule has 0 fully saturated rings. The fourth-order valence-corrected chi connectivity index (χ4v) is 3.42. The smallest absolute Gasteiger partial charge is 0.329 e. The van der Waals surface area contributed by atoms with Gasteiger partial charge in [0.05, 0.1) is 7.11 Å². The second-order valence-corrected chi connectivity index (χ2v) is 7.83. The van der Waals surface area contributed by atoms with E-state index >= 15 is 0 Å². The molecule has 29 heavy (non-hydrogen) atoms. The first-order valence-electron chi connectivity index (χ1n) is 8.85. The highest BCUT2D eigenvalue weighted by atomic mass is 32.2. The van der Waals surface area contributed by atoms with E-state index < -0.39 is 29.9 Å². The summed E-state index contributed by atoms with van der Waals surface area (Å²) in [5.74, 6) is -2.89. The first kappa shape index (κ1) is 26.9. The highest BCUT2D eigenvalue weighted by molar-refractivity contribution is 8.14. The van der Waals surface area contributed by atoms with Crippen molar-refractivity contribution in [3.8, 4) is 0 Å². The summed E-state index contributed by atoms with van der Waals surface area (Å²) < 4.78 is 4.58. The molecule has 0 rings (SSSR count). The Kier molecular flexibility index (Phi) is 13.8. The van der Waals surface area contributed by atoms with Gasteiger partial charge >= 0.3 is 11.9 Å². The number of carbonyl (C=O) groups excluding carboxylic acids is 5. The molecule has 3 N–H and O–H groups in total. The number of hydrogen-bond acceptors (Lipinski definition) is 9. The topological polar surface area (TPSA) is 156 Å². The van der Waals surface area contributed by atoms with E-state index in [1.807, 2.05) is 0 Å². The van der Waals surface area contributed by atoms with Crippen LogP contribution < -0.4 is 10.6 Å². The Bertz CT molecular complexity index is 627. The third-order valence-corrected chi connectivity index (χ3v) is 5.50. The van der Waals surface area contributed by atoms with Crippen LogP contribution in [0.3, 0.4) is 0 Å². The zero-order valence-corrected chi connectivity index (χ0v) is 18.2. The second-order valence-electron chi connectivity index (χ2n) is 5.67. The molecule has 0 aliphatic heterocycles. The fourth-order valence-electron chi connectivity index (χ4n) is 1.78. The number of carboxylic acids is 1. The predicted octanol–water partition coefficient (Wildman–Crippen LogP) is 0.333. The molecule has 2 atom stereocenters. The number of amides is 2. The van der Waals surface area contributed by atoms with E-state index in [4.69, 9.17) is 5.11 Å². The van der Waals surface area contributed by atoms with Crippen LogP contribution in [0, 0.1) is 0 Å². The highest BCUT2D eigenvalue weighted by Gasteiger charge is 2.23. The van der Waals surface area contributed by atoms with E-state index in [1.165, 1.54) is 7.11 Å². The molecule has 0 aromatic carbocycles. The highest BCUT2D eigenvalue weighted by Crippen LogP contribution is 2.15.